The first-order valence-electron chi connectivity index (χ1n) is 21.7. The second-order valence-corrected chi connectivity index (χ2v) is 17.4. The molecule has 352 valence electrons. The Balaban J connectivity index is 1.12. The van der Waals surface area contributed by atoms with E-state index in [1.165, 1.54) is 16.7 Å². The number of carbonyl (C=O) groups excluding carboxylic acids is 6. The fraction of sp³-hybridized carbons (Fsp3) is 0.422. The smallest absolute Gasteiger partial charge is 0.323 e. The number of rotatable bonds is 19. The highest BCUT2D eigenvalue weighted by Gasteiger charge is 2.54. The number of hydrogen-bond acceptors (Lipinski definition) is 12. The number of amides is 6. The Labute approximate surface area is 386 Å². The predicted molar refractivity (Wildman–Crippen MR) is 246 cm³/mol. The molecule has 2 saturated heterocycles. The van der Waals surface area contributed by atoms with Crippen molar-refractivity contribution in [3.63, 3.8) is 0 Å². The minimum atomic E-state index is -1.50. The molecule has 0 aliphatic carbocycles. The maximum atomic E-state index is 14.5. The van der Waals surface area contributed by atoms with Crippen LogP contribution in [0.1, 0.15) is 47.2 Å². The number of piperidine rings is 1. The lowest BCUT2D eigenvalue weighted by atomic mass is 9.85. The molecular formula is C45H57N11O9S. The van der Waals surface area contributed by atoms with Crippen LogP contribution in [0.15, 0.2) is 88.8 Å². The number of para-hydroxylation sites is 1. The average Bonchev–Trinajstić information content (AvgIpc) is 3.48. The van der Waals surface area contributed by atoms with Crippen LogP contribution in [0.2, 0.25) is 0 Å². The number of carboxylic acids is 1. The number of carboxylic acid groups (broad SMARTS) is 1. The molecule has 20 nitrogen and oxygen atoms in total. The van der Waals surface area contributed by atoms with Crippen LogP contribution in [0.25, 0.3) is 0 Å². The third-order valence-electron chi connectivity index (χ3n) is 12.0. The van der Waals surface area contributed by atoms with Crippen molar-refractivity contribution >= 4 is 64.8 Å². The third-order valence-corrected chi connectivity index (χ3v) is 13.1. The molecule has 3 atom stereocenters. The van der Waals surface area contributed by atoms with Gasteiger partial charge in [-0.1, -0.05) is 54.6 Å². The summed E-state index contributed by atoms with van der Waals surface area (Å²) in [6, 6.07) is 19.7. The molecule has 1 spiro atoms. The highest BCUT2D eigenvalue weighted by atomic mass is 32.2. The van der Waals surface area contributed by atoms with E-state index in [9.17, 15) is 43.8 Å². The fourth-order valence-electron chi connectivity index (χ4n) is 8.43. The summed E-state index contributed by atoms with van der Waals surface area (Å²) in [5.41, 5.74) is 18.3. The number of likely N-dealkylation sites (tertiary alicyclic amines) is 1. The molecule has 21 heteroatoms. The fourth-order valence-corrected chi connectivity index (χ4v) is 9.50. The van der Waals surface area contributed by atoms with Gasteiger partial charge in [-0.15, -0.1) is 11.8 Å². The normalized spacial score (nSPS) is 17.9. The minimum Gasteiger partial charge on any atom is -0.480 e. The molecule has 0 saturated carbocycles. The Bertz CT molecular complexity index is 2270. The van der Waals surface area contributed by atoms with Gasteiger partial charge in [0.25, 0.3) is 11.8 Å². The molecule has 3 aromatic carbocycles. The summed E-state index contributed by atoms with van der Waals surface area (Å²) in [6.45, 7) is -0.487. The van der Waals surface area contributed by atoms with Gasteiger partial charge in [-0.2, -0.15) is 0 Å². The number of aliphatic hydroxyl groups excluding tert-OH is 1. The molecule has 0 radical (unpaired) electrons. The van der Waals surface area contributed by atoms with E-state index in [1.54, 1.807) is 53.4 Å². The zero-order valence-electron chi connectivity index (χ0n) is 36.5. The summed E-state index contributed by atoms with van der Waals surface area (Å²) in [4.78, 5) is 105. The summed E-state index contributed by atoms with van der Waals surface area (Å²) in [7, 11) is 0. The van der Waals surface area contributed by atoms with E-state index >= 15 is 0 Å². The lowest BCUT2D eigenvalue weighted by Crippen LogP contribution is -2.59. The molecule has 3 heterocycles. The zero-order valence-corrected chi connectivity index (χ0v) is 37.3. The van der Waals surface area contributed by atoms with Crippen molar-refractivity contribution in [1.82, 2.24) is 30.7 Å². The second kappa shape index (κ2) is 22.6. The van der Waals surface area contributed by atoms with Crippen LogP contribution in [0.5, 0.6) is 0 Å². The molecule has 11 N–H and O–H groups in total. The Kier molecular flexibility index (Phi) is 16.7. The summed E-state index contributed by atoms with van der Waals surface area (Å²) in [5.74, 6) is -4.64. The highest BCUT2D eigenvalue weighted by molar-refractivity contribution is 7.99. The zero-order chi connectivity index (χ0) is 47.4. The van der Waals surface area contributed by atoms with Gasteiger partial charge < -0.3 is 53.2 Å². The number of thioether (sulfide) groups is 1. The van der Waals surface area contributed by atoms with Gasteiger partial charge in [-0.3, -0.25) is 48.4 Å². The number of hydrogen-bond donors (Lipinski definition) is 8. The van der Waals surface area contributed by atoms with Crippen molar-refractivity contribution in [3.05, 3.63) is 95.6 Å². The number of nitrogens with one attached hydrogen (secondary N) is 3. The number of aliphatic carboxylic acids is 1. The molecule has 3 aromatic rings. The Morgan fingerprint density at radius 2 is 1.58 bits per heavy atom. The predicted octanol–water partition coefficient (Wildman–Crippen LogP) is -0.812. The van der Waals surface area contributed by atoms with Crippen molar-refractivity contribution in [3.8, 4) is 0 Å². The molecule has 3 aliphatic rings. The first kappa shape index (κ1) is 48.9. The van der Waals surface area contributed by atoms with Crippen LogP contribution in [0.4, 0.5) is 5.69 Å². The van der Waals surface area contributed by atoms with Crippen LogP contribution >= 0.6 is 11.8 Å². The lowest BCUT2D eigenvalue weighted by Gasteiger charge is -2.43. The van der Waals surface area contributed by atoms with Crippen molar-refractivity contribution < 1.29 is 43.8 Å². The Morgan fingerprint density at radius 1 is 0.879 bits per heavy atom. The summed E-state index contributed by atoms with van der Waals surface area (Å²) in [5, 5.41) is 27.7. The van der Waals surface area contributed by atoms with E-state index in [0.29, 0.717) is 42.1 Å². The second-order valence-electron chi connectivity index (χ2n) is 16.3. The van der Waals surface area contributed by atoms with Gasteiger partial charge in [0.15, 0.2) is 5.96 Å². The summed E-state index contributed by atoms with van der Waals surface area (Å²) >= 11 is 1.25. The minimum absolute atomic E-state index is 0.0642. The number of carbonyl (C=O) groups is 7. The largest absolute Gasteiger partial charge is 0.480 e. The van der Waals surface area contributed by atoms with E-state index in [1.807, 2.05) is 35.2 Å². The monoisotopic (exact) mass is 927 g/mol. The number of nitrogens with two attached hydrogens (primary N) is 3. The molecule has 2 fully saturated rings. The summed E-state index contributed by atoms with van der Waals surface area (Å²) < 4.78 is 0. The van der Waals surface area contributed by atoms with Gasteiger partial charge in [0.1, 0.15) is 36.8 Å². The molecule has 6 rings (SSSR count). The van der Waals surface area contributed by atoms with Crippen LogP contribution < -0.4 is 38.1 Å². The van der Waals surface area contributed by atoms with Crippen LogP contribution in [0.3, 0.4) is 0 Å². The topological polar surface area (TPSA) is 299 Å². The van der Waals surface area contributed by atoms with E-state index in [4.69, 9.17) is 17.2 Å². The number of anilines is 1. The molecule has 3 aliphatic heterocycles. The maximum absolute atomic E-state index is 14.5. The first-order chi connectivity index (χ1) is 31.7. The quantitative estimate of drug-likeness (QED) is 0.0415. The van der Waals surface area contributed by atoms with Gasteiger partial charge in [0, 0.05) is 48.9 Å². The Morgan fingerprint density at radius 3 is 2.24 bits per heavy atom. The Hall–Kier alpha value is -6.55. The SMILES string of the molecule is NCc1ccc(C(=O)NC(CCCN=C(N)N)C(=O)N2CCC3(CC2)C(=O)N(CC(=O)NC(CO)C(=O)N[C@@H]2CSc4ccccc4N(CC(=O)O)C2=O)CN3CCc2ccccc2)cc1. The average molecular weight is 928 g/mol. The van der Waals surface area contributed by atoms with Crippen molar-refractivity contribution in [2.45, 2.75) is 67.2 Å². The van der Waals surface area contributed by atoms with E-state index in [0.717, 1.165) is 16.0 Å². The van der Waals surface area contributed by atoms with Crippen molar-refractivity contribution in [1.29, 1.82) is 0 Å². The lowest BCUT2D eigenvalue weighted by molar-refractivity contribution is -0.143. The van der Waals surface area contributed by atoms with Crippen molar-refractivity contribution in [2.75, 3.05) is 63.2 Å². The number of benzene rings is 3. The van der Waals surface area contributed by atoms with E-state index in [2.05, 4.69) is 20.9 Å². The number of nitrogens with zero attached hydrogens (tertiary/aromatic N) is 5. The molecule has 0 aromatic heterocycles. The van der Waals surface area contributed by atoms with Gasteiger partial charge in [0.05, 0.1) is 19.0 Å². The molecule has 6 amide bonds. The molecule has 66 heavy (non-hydrogen) atoms. The van der Waals surface area contributed by atoms with Gasteiger partial charge in [-0.25, -0.2) is 0 Å². The van der Waals surface area contributed by atoms with Crippen LogP contribution in [0, 0.1) is 0 Å². The van der Waals surface area contributed by atoms with Crippen molar-refractivity contribution in [2.24, 2.45) is 22.2 Å². The molecular weight excluding hydrogens is 871 g/mol. The maximum Gasteiger partial charge on any atom is 0.323 e. The van der Waals surface area contributed by atoms with Gasteiger partial charge in [-0.05, 0) is 67.5 Å². The number of aliphatic imine (C=N–C) groups is 1. The number of fused-ring (bicyclic) bond motifs is 1. The third kappa shape index (κ3) is 12.0. The number of aliphatic hydroxyl groups is 1. The van der Waals surface area contributed by atoms with Gasteiger partial charge in [0.2, 0.25) is 23.6 Å². The number of guanidine groups is 1. The highest BCUT2D eigenvalue weighted by Crippen LogP contribution is 2.37. The molecule has 2 unspecified atom stereocenters. The molecule has 0 bridgehead atoms. The standard InChI is InChI=1S/C45H57N11O9S/c46-23-30-12-14-31(15-13-30)39(61)51-32(9-6-19-49-44(47)48)41(63)53-21-17-45(18-22-53)43(65)54(28-55(45)20-16-29-7-2-1-3-8-29)24-37(58)50-33(26-57)40(62)52-34-27-66-36-11-5-4-10-35(36)56(42(34)64)25-38(59)60/h1-5,7-8,10-15,32-34,57H,6,9,16-28,46H2,(H,50,58)(H,51,61)(H,52,62)(H,59,60)(H4,47,48,49)/t32?,33?,34-/m1/s1. The summed E-state index contributed by atoms with van der Waals surface area (Å²) in [6.07, 6.45) is 1.71. The van der Waals surface area contributed by atoms with Gasteiger partial charge >= 0.3 is 5.97 Å². The van der Waals surface area contributed by atoms with E-state index < -0.39 is 73.0 Å². The van der Waals surface area contributed by atoms with Crippen LogP contribution in [-0.4, -0.2) is 154 Å². The van der Waals surface area contributed by atoms with Crippen LogP contribution in [-0.2, 0) is 41.7 Å². The van der Waals surface area contributed by atoms with E-state index in [-0.39, 0.29) is 69.1 Å². The first-order valence-corrected chi connectivity index (χ1v) is 22.7.